The molecule has 0 saturated carbocycles. The van der Waals surface area contributed by atoms with Gasteiger partial charge in [0.25, 0.3) is 0 Å². The van der Waals surface area contributed by atoms with Crippen molar-refractivity contribution in [3.05, 3.63) is 49.0 Å². The van der Waals surface area contributed by atoms with Crippen LogP contribution in [0.15, 0.2) is 39.2 Å². The molecule has 1 amide bonds. The van der Waals surface area contributed by atoms with Crippen molar-refractivity contribution in [2.24, 2.45) is 11.0 Å². The van der Waals surface area contributed by atoms with Crippen LogP contribution in [0, 0.1) is 5.92 Å². The van der Waals surface area contributed by atoms with E-state index in [1.807, 2.05) is 17.1 Å². The summed E-state index contributed by atoms with van der Waals surface area (Å²) < 4.78 is 1.60. The molecule has 2 atom stereocenters. The molecule has 0 radical (unpaired) electrons. The SMILES string of the molecule is CC1C(C(=O)N[N+]2(C)CCCCC2)=NN(c2ccc(Cl)cc2Cl)C1c1ccc(Br)s1.[I-]. The molecular formula is C21H24BrCl2IN4OS. The number of hydrogen-bond acceptors (Lipinski definition) is 4. The number of hydrazone groups is 1. The first-order valence-electron chi connectivity index (χ1n) is 10.0. The fourth-order valence-corrected chi connectivity index (χ4v) is 6.34. The largest absolute Gasteiger partial charge is 1.00 e. The molecule has 2 aliphatic rings. The number of anilines is 1. The molecule has 1 aromatic carbocycles. The smallest absolute Gasteiger partial charge is 0.312 e. The number of carbonyl (C=O) groups is 1. The van der Waals surface area contributed by atoms with Crippen molar-refractivity contribution in [1.29, 1.82) is 0 Å². The van der Waals surface area contributed by atoms with Crippen molar-refractivity contribution in [3.8, 4) is 0 Å². The summed E-state index contributed by atoms with van der Waals surface area (Å²) in [4.78, 5) is 14.4. The molecule has 10 heteroatoms. The number of amides is 1. The van der Waals surface area contributed by atoms with E-state index in [9.17, 15) is 4.79 Å². The second kappa shape index (κ2) is 10.3. The molecule has 168 valence electrons. The van der Waals surface area contributed by atoms with Crippen LogP contribution < -0.4 is 34.4 Å². The van der Waals surface area contributed by atoms with Crippen LogP contribution in [0.1, 0.15) is 37.1 Å². The first-order chi connectivity index (χ1) is 14.3. The minimum atomic E-state index is -0.118. The lowest BCUT2D eigenvalue weighted by Gasteiger charge is -2.36. The summed E-state index contributed by atoms with van der Waals surface area (Å²) in [7, 11) is 2.08. The molecule has 0 bridgehead atoms. The number of hydrogen-bond donors (Lipinski definition) is 1. The minimum Gasteiger partial charge on any atom is -1.00 e. The van der Waals surface area contributed by atoms with E-state index in [0.717, 1.165) is 40.3 Å². The first kappa shape index (κ1) is 25.2. The summed E-state index contributed by atoms with van der Waals surface area (Å²) in [5.41, 5.74) is 4.49. The summed E-state index contributed by atoms with van der Waals surface area (Å²) in [6.45, 7) is 3.94. The van der Waals surface area contributed by atoms with Crippen LogP contribution >= 0.6 is 50.5 Å². The van der Waals surface area contributed by atoms with Gasteiger partial charge in [0, 0.05) is 15.8 Å². The zero-order chi connectivity index (χ0) is 21.5. The quantitative estimate of drug-likeness (QED) is 0.406. The Morgan fingerprint density at radius 1 is 1.23 bits per heavy atom. The highest BCUT2D eigenvalue weighted by Gasteiger charge is 2.42. The van der Waals surface area contributed by atoms with Crippen LogP contribution in [0.3, 0.4) is 0 Å². The van der Waals surface area contributed by atoms with Crippen LogP contribution in [0.25, 0.3) is 0 Å². The zero-order valence-corrected chi connectivity index (χ0v) is 23.3. The maximum atomic E-state index is 13.3. The van der Waals surface area contributed by atoms with Crippen molar-refractivity contribution >= 4 is 67.8 Å². The van der Waals surface area contributed by atoms with Gasteiger partial charge in [0.2, 0.25) is 0 Å². The van der Waals surface area contributed by atoms with E-state index in [0.29, 0.717) is 20.3 Å². The zero-order valence-electron chi connectivity index (χ0n) is 17.2. The van der Waals surface area contributed by atoms with Crippen LogP contribution in [0.5, 0.6) is 0 Å². The molecular weight excluding hydrogens is 634 g/mol. The summed E-state index contributed by atoms with van der Waals surface area (Å²) in [6.07, 6.45) is 3.47. The Balaban J connectivity index is 0.00000272. The minimum absolute atomic E-state index is 0. The van der Waals surface area contributed by atoms with Crippen LogP contribution in [-0.2, 0) is 4.79 Å². The van der Waals surface area contributed by atoms with E-state index in [1.54, 1.807) is 23.5 Å². The van der Waals surface area contributed by atoms with Gasteiger partial charge in [-0.2, -0.15) is 10.5 Å². The van der Waals surface area contributed by atoms with Gasteiger partial charge in [0.1, 0.15) is 18.8 Å². The standard InChI is InChI=1S/C21H23BrCl2N4OS.HI/c1-13-19(21(29)26-28(2)10-4-3-5-11-28)25-27(16-7-6-14(23)12-15(16)24)20(13)17-8-9-18(22)30-17;/h6-9,12-13,20H,3-5,10-11H2,1-2H3;1H. The highest BCUT2D eigenvalue weighted by molar-refractivity contribution is 9.11. The van der Waals surface area contributed by atoms with Gasteiger partial charge in [0.05, 0.1) is 27.6 Å². The Morgan fingerprint density at radius 2 is 1.94 bits per heavy atom. The van der Waals surface area contributed by atoms with Crippen LogP contribution in [0.2, 0.25) is 10.0 Å². The maximum absolute atomic E-state index is 13.3. The summed E-state index contributed by atoms with van der Waals surface area (Å²) in [5.74, 6) is -0.209. The van der Waals surface area contributed by atoms with Gasteiger partial charge in [0.15, 0.2) is 0 Å². The number of thiophene rings is 1. The molecule has 3 heterocycles. The molecule has 2 unspecified atom stereocenters. The number of likely N-dealkylation sites (tertiary alicyclic amines) is 1. The van der Waals surface area contributed by atoms with Crippen molar-refractivity contribution < 1.29 is 33.4 Å². The van der Waals surface area contributed by atoms with E-state index in [-0.39, 0.29) is 41.8 Å². The molecule has 1 fully saturated rings. The normalized spacial score (nSPS) is 22.6. The van der Waals surface area contributed by atoms with Gasteiger partial charge in [-0.3, -0.25) is 9.80 Å². The monoisotopic (exact) mass is 656 g/mol. The van der Waals surface area contributed by atoms with Gasteiger partial charge < -0.3 is 24.0 Å². The Morgan fingerprint density at radius 3 is 2.55 bits per heavy atom. The summed E-state index contributed by atoms with van der Waals surface area (Å²) in [6, 6.07) is 9.33. The van der Waals surface area contributed by atoms with Crippen molar-refractivity contribution in [2.75, 3.05) is 25.1 Å². The number of nitrogens with zero attached hydrogens (tertiary/aromatic N) is 3. The average Bonchev–Trinajstić information content (AvgIpc) is 3.25. The van der Waals surface area contributed by atoms with Crippen molar-refractivity contribution in [1.82, 2.24) is 5.43 Å². The molecule has 1 aromatic heterocycles. The van der Waals surface area contributed by atoms with E-state index in [1.165, 1.54) is 6.42 Å². The third-order valence-electron chi connectivity index (χ3n) is 5.83. The number of rotatable bonds is 4. The molecule has 1 N–H and O–H groups in total. The lowest BCUT2D eigenvalue weighted by atomic mass is 9.95. The number of carbonyl (C=O) groups excluding carboxylic acids is 1. The van der Waals surface area contributed by atoms with Crippen molar-refractivity contribution in [3.63, 3.8) is 0 Å². The lowest BCUT2D eigenvalue weighted by Crippen LogP contribution is -3.00. The Bertz CT molecular complexity index is 996. The van der Waals surface area contributed by atoms with Crippen molar-refractivity contribution in [2.45, 2.75) is 32.2 Å². The summed E-state index contributed by atoms with van der Waals surface area (Å²) in [5, 5.41) is 7.73. The van der Waals surface area contributed by atoms with E-state index < -0.39 is 0 Å². The lowest BCUT2D eigenvalue weighted by molar-refractivity contribution is -0.947. The number of halogens is 4. The molecule has 5 nitrogen and oxygen atoms in total. The first-order valence-corrected chi connectivity index (χ1v) is 12.4. The van der Waals surface area contributed by atoms with Gasteiger partial charge in [-0.1, -0.05) is 30.1 Å². The highest BCUT2D eigenvalue weighted by atomic mass is 127. The number of piperidine rings is 1. The van der Waals surface area contributed by atoms with Gasteiger partial charge in [-0.15, -0.1) is 11.3 Å². The predicted octanol–water partition coefficient (Wildman–Crippen LogP) is 3.04. The number of quaternary nitrogens is 1. The maximum Gasteiger partial charge on any atom is 0.312 e. The number of nitrogens with one attached hydrogen (secondary N) is 1. The second-order valence-electron chi connectivity index (χ2n) is 8.15. The molecule has 2 aromatic rings. The topological polar surface area (TPSA) is 44.7 Å². The van der Waals surface area contributed by atoms with E-state index >= 15 is 0 Å². The summed E-state index contributed by atoms with van der Waals surface area (Å²) >= 11 is 17.8. The molecule has 1 saturated heterocycles. The molecule has 0 aliphatic carbocycles. The van der Waals surface area contributed by atoms with Gasteiger partial charge >= 0.3 is 5.91 Å². The second-order valence-corrected chi connectivity index (χ2v) is 11.5. The van der Waals surface area contributed by atoms with Gasteiger partial charge in [-0.05, 0) is 65.5 Å². The fraction of sp³-hybridized carbons (Fsp3) is 0.429. The third-order valence-corrected chi connectivity index (χ3v) is 8.07. The average molecular weight is 658 g/mol. The van der Waals surface area contributed by atoms with Gasteiger partial charge in [-0.25, -0.2) is 4.59 Å². The Kier molecular flexibility index (Phi) is 8.35. The Hall–Kier alpha value is -0.390. The molecule has 31 heavy (non-hydrogen) atoms. The molecule has 2 aliphatic heterocycles. The molecule has 0 spiro atoms. The Labute approximate surface area is 222 Å². The highest BCUT2D eigenvalue weighted by Crippen LogP contribution is 2.44. The third kappa shape index (κ3) is 5.41. The van der Waals surface area contributed by atoms with Crippen LogP contribution in [0.4, 0.5) is 5.69 Å². The van der Waals surface area contributed by atoms with E-state index in [2.05, 4.69) is 41.4 Å². The molecule has 4 rings (SSSR count). The van der Waals surface area contributed by atoms with Crippen LogP contribution in [-0.4, -0.2) is 36.3 Å². The van der Waals surface area contributed by atoms with E-state index in [4.69, 9.17) is 28.3 Å². The predicted molar refractivity (Wildman–Crippen MR) is 128 cm³/mol. The fourth-order valence-electron chi connectivity index (χ4n) is 4.23. The number of benzene rings is 1.